The molecule has 5 aromatic rings. The number of hydrogen-bond acceptors (Lipinski definition) is 4. The van der Waals surface area contributed by atoms with Crippen molar-refractivity contribution in [2.75, 3.05) is 14.2 Å². The molecule has 0 aliphatic carbocycles. The molecule has 1 saturated heterocycles. The van der Waals surface area contributed by atoms with Gasteiger partial charge < -0.3 is 29.2 Å². The Morgan fingerprint density at radius 2 is 1.64 bits per heavy atom. The fraction of sp³-hybridized carbons (Fsp3) is 0.345. The average Bonchev–Trinajstić information content (AvgIpc) is 3.51. The molecular weight excluding hydrogens is 452 g/mol. The van der Waals surface area contributed by atoms with Crippen molar-refractivity contribution >= 4 is 49.5 Å². The second-order valence-electron chi connectivity index (χ2n) is 10.8. The SMILES string of the molecule is CN[C@@H]1C[C@@]2(C)O[C@@](C)([C@@H]1OC)n1c3ccccc3c3c4c(c5c6ccccc6n2c5c31)C(=O)NC4. The summed E-state index contributed by atoms with van der Waals surface area (Å²) in [5.41, 5.74) is 4.75. The minimum Gasteiger partial charge on any atom is -0.375 e. The minimum atomic E-state index is -0.798. The number of nitrogens with zero attached hydrogens (tertiary/aromatic N) is 2. The number of amides is 1. The molecule has 36 heavy (non-hydrogen) atoms. The summed E-state index contributed by atoms with van der Waals surface area (Å²) in [4.78, 5) is 13.4. The molecule has 3 aliphatic heterocycles. The number of nitrogens with one attached hydrogen (secondary N) is 2. The predicted octanol–water partition coefficient (Wildman–Crippen LogP) is 4.53. The molecule has 1 amide bonds. The molecule has 7 heteroatoms. The zero-order valence-corrected chi connectivity index (χ0v) is 20.8. The van der Waals surface area contributed by atoms with Crippen LogP contribution in [-0.4, -0.2) is 41.3 Å². The normalized spacial score (nSPS) is 28.9. The molecule has 182 valence electrons. The number of rotatable bonds is 2. The minimum absolute atomic E-state index is 0.000921. The van der Waals surface area contributed by atoms with E-state index in [9.17, 15) is 4.79 Å². The summed E-state index contributed by atoms with van der Waals surface area (Å²) in [6.07, 6.45) is 0.493. The van der Waals surface area contributed by atoms with Gasteiger partial charge in [-0.05, 0) is 38.6 Å². The van der Waals surface area contributed by atoms with Gasteiger partial charge in [0.1, 0.15) is 11.8 Å². The smallest absolute Gasteiger partial charge is 0.252 e. The summed E-state index contributed by atoms with van der Waals surface area (Å²) < 4.78 is 18.2. The van der Waals surface area contributed by atoms with E-state index in [4.69, 9.17) is 9.47 Å². The highest BCUT2D eigenvalue weighted by Gasteiger charge is 2.57. The van der Waals surface area contributed by atoms with E-state index in [1.165, 1.54) is 0 Å². The highest BCUT2D eigenvalue weighted by Crippen LogP contribution is 2.55. The van der Waals surface area contributed by atoms with Crippen molar-refractivity contribution in [1.29, 1.82) is 0 Å². The molecule has 2 N–H and O–H groups in total. The third kappa shape index (κ3) is 2.12. The Morgan fingerprint density at radius 3 is 2.33 bits per heavy atom. The number of methoxy groups -OCH3 is 1. The van der Waals surface area contributed by atoms with Gasteiger partial charge in [0, 0.05) is 47.7 Å². The van der Waals surface area contributed by atoms with Crippen LogP contribution in [0.3, 0.4) is 0 Å². The highest BCUT2D eigenvalue weighted by molar-refractivity contribution is 6.31. The Kier molecular flexibility index (Phi) is 3.74. The van der Waals surface area contributed by atoms with Gasteiger partial charge in [-0.3, -0.25) is 4.79 Å². The van der Waals surface area contributed by atoms with Gasteiger partial charge in [0.15, 0.2) is 5.72 Å². The van der Waals surface area contributed by atoms with Crippen molar-refractivity contribution in [3.8, 4) is 0 Å². The Labute approximate surface area is 207 Å². The van der Waals surface area contributed by atoms with Gasteiger partial charge in [-0.15, -0.1) is 0 Å². The molecule has 3 aromatic carbocycles. The molecule has 2 aromatic heterocycles. The fourth-order valence-electron chi connectivity index (χ4n) is 7.78. The Hall–Kier alpha value is -3.39. The summed E-state index contributed by atoms with van der Waals surface area (Å²) in [6, 6.07) is 17.0. The van der Waals surface area contributed by atoms with Gasteiger partial charge in [-0.2, -0.15) is 0 Å². The first-order valence-corrected chi connectivity index (χ1v) is 12.6. The first kappa shape index (κ1) is 20.8. The molecule has 5 heterocycles. The number of fused-ring (bicyclic) bond motifs is 13. The molecule has 0 unspecified atom stereocenters. The molecule has 7 nitrogen and oxygen atoms in total. The van der Waals surface area contributed by atoms with E-state index >= 15 is 0 Å². The lowest BCUT2D eigenvalue weighted by atomic mass is 9.88. The largest absolute Gasteiger partial charge is 0.375 e. The van der Waals surface area contributed by atoms with Gasteiger partial charge in [0.05, 0.1) is 27.6 Å². The molecule has 4 atom stereocenters. The lowest BCUT2D eigenvalue weighted by Crippen LogP contribution is -2.64. The van der Waals surface area contributed by atoms with Gasteiger partial charge in [-0.1, -0.05) is 36.4 Å². The van der Waals surface area contributed by atoms with Crippen LogP contribution in [0.15, 0.2) is 48.5 Å². The number of benzene rings is 3. The number of aromatic nitrogens is 2. The van der Waals surface area contributed by atoms with Gasteiger partial charge >= 0.3 is 0 Å². The van der Waals surface area contributed by atoms with E-state index in [-0.39, 0.29) is 18.1 Å². The number of hydrogen-bond donors (Lipinski definition) is 2. The van der Waals surface area contributed by atoms with Gasteiger partial charge in [0.2, 0.25) is 0 Å². The quantitative estimate of drug-likeness (QED) is 0.390. The molecule has 2 bridgehead atoms. The topological polar surface area (TPSA) is 69.5 Å². The summed E-state index contributed by atoms with van der Waals surface area (Å²) in [7, 11) is 3.77. The molecule has 0 spiro atoms. The molecule has 0 radical (unpaired) electrons. The van der Waals surface area contributed by atoms with Crippen LogP contribution in [0.2, 0.25) is 0 Å². The molecule has 3 aliphatic rings. The van der Waals surface area contributed by atoms with Crippen molar-refractivity contribution in [1.82, 2.24) is 19.8 Å². The van der Waals surface area contributed by atoms with E-state index in [2.05, 4.69) is 82.1 Å². The van der Waals surface area contributed by atoms with Gasteiger partial charge in [0.25, 0.3) is 5.91 Å². The number of para-hydroxylation sites is 2. The summed E-state index contributed by atoms with van der Waals surface area (Å²) in [5, 5.41) is 11.0. The summed E-state index contributed by atoms with van der Waals surface area (Å²) in [5.74, 6) is -0.000921. The van der Waals surface area contributed by atoms with Crippen LogP contribution in [-0.2, 0) is 27.5 Å². The van der Waals surface area contributed by atoms with Crippen LogP contribution in [0, 0.1) is 0 Å². The molecular formula is C29H28N4O3. The second kappa shape index (κ2) is 6.48. The van der Waals surface area contributed by atoms with E-state index in [1.54, 1.807) is 7.11 Å². The number of likely N-dealkylation sites (N-methyl/N-ethyl adjacent to an activating group) is 1. The number of carbonyl (C=O) groups is 1. The highest BCUT2D eigenvalue weighted by atomic mass is 16.6. The Morgan fingerprint density at radius 1 is 1.00 bits per heavy atom. The van der Waals surface area contributed by atoms with Crippen molar-refractivity contribution in [2.24, 2.45) is 0 Å². The van der Waals surface area contributed by atoms with Crippen LogP contribution < -0.4 is 10.6 Å². The van der Waals surface area contributed by atoms with Crippen LogP contribution in [0.5, 0.6) is 0 Å². The Bertz CT molecular complexity index is 1800. The standard InChI is InChI=1S/C29H28N4O3/c1-28-13-18(30-3)26(35-4)29(2,36-28)33-20-12-8-5-9-15(20)21-17-14-31-27(34)23(17)22-16-10-6-7-11-19(16)32(28)25(22)24(21)33/h5-12,18,26,30H,13-14H2,1-4H3,(H,31,34)/t18-,26-,28-,29+/m1/s1. The van der Waals surface area contributed by atoms with Crippen molar-refractivity contribution < 1.29 is 14.3 Å². The van der Waals surface area contributed by atoms with Crippen molar-refractivity contribution in [3.05, 3.63) is 59.7 Å². The van der Waals surface area contributed by atoms with Crippen molar-refractivity contribution in [2.45, 2.75) is 50.4 Å². The van der Waals surface area contributed by atoms with E-state index in [0.29, 0.717) is 6.54 Å². The number of ether oxygens (including phenoxy) is 2. The first-order chi connectivity index (χ1) is 17.4. The van der Waals surface area contributed by atoms with E-state index in [0.717, 1.165) is 61.2 Å². The Balaban J connectivity index is 1.74. The van der Waals surface area contributed by atoms with Crippen LogP contribution in [0.4, 0.5) is 0 Å². The first-order valence-electron chi connectivity index (χ1n) is 12.6. The third-order valence-corrected chi connectivity index (χ3v) is 8.94. The van der Waals surface area contributed by atoms with Crippen LogP contribution in [0.1, 0.15) is 36.2 Å². The average molecular weight is 481 g/mol. The number of carbonyl (C=O) groups excluding carboxylic acids is 1. The fourth-order valence-corrected chi connectivity index (χ4v) is 7.78. The second-order valence-corrected chi connectivity index (χ2v) is 10.8. The molecule has 0 saturated carbocycles. The maximum Gasteiger partial charge on any atom is 0.252 e. The van der Waals surface area contributed by atoms with Crippen LogP contribution in [0.25, 0.3) is 43.6 Å². The molecule has 1 fully saturated rings. The predicted molar refractivity (Wildman–Crippen MR) is 140 cm³/mol. The lowest BCUT2D eigenvalue weighted by Gasteiger charge is -2.52. The zero-order valence-electron chi connectivity index (χ0n) is 20.8. The lowest BCUT2D eigenvalue weighted by molar-refractivity contribution is -0.299. The monoisotopic (exact) mass is 480 g/mol. The van der Waals surface area contributed by atoms with E-state index < -0.39 is 11.4 Å². The maximum absolute atomic E-state index is 13.4. The summed E-state index contributed by atoms with van der Waals surface area (Å²) in [6.45, 7) is 4.86. The molecule has 8 rings (SSSR count). The van der Waals surface area contributed by atoms with Crippen LogP contribution >= 0.6 is 0 Å². The summed E-state index contributed by atoms with van der Waals surface area (Å²) >= 11 is 0. The maximum atomic E-state index is 13.4. The van der Waals surface area contributed by atoms with Crippen molar-refractivity contribution in [3.63, 3.8) is 0 Å². The zero-order chi connectivity index (χ0) is 24.6. The van der Waals surface area contributed by atoms with Gasteiger partial charge in [-0.25, -0.2) is 0 Å². The third-order valence-electron chi connectivity index (χ3n) is 8.94. The van der Waals surface area contributed by atoms with E-state index in [1.807, 2.05) is 7.05 Å².